The minimum absolute atomic E-state index is 0.271. The zero-order valence-electron chi connectivity index (χ0n) is 13.2. The van der Waals surface area contributed by atoms with Gasteiger partial charge in [0.05, 0.1) is 13.7 Å². The first-order chi connectivity index (χ1) is 9.27. The van der Waals surface area contributed by atoms with E-state index in [4.69, 9.17) is 31.1 Å². The van der Waals surface area contributed by atoms with Crippen LogP contribution in [0.5, 0.6) is 0 Å². The normalized spacial score (nSPS) is 10.9. The van der Waals surface area contributed by atoms with E-state index in [0.717, 1.165) is 33.1 Å². The highest BCUT2D eigenvalue weighted by Gasteiger charge is 2.23. The van der Waals surface area contributed by atoms with Crippen molar-refractivity contribution in [2.75, 3.05) is 0 Å². The average Bonchev–Trinajstić information content (AvgIpc) is 2.36. The van der Waals surface area contributed by atoms with Crippen molar-refractivity contribution >= 4 is 68.2 Å². The summed E-state index contributed by atoms with van der Waals surface area (Å²) in [4.78, 5) is 0. The van der Waals surface area contributed by atoms with Crippen LogP contribution in [0.15, 0.2) is 0 Å². The Morgan fingerprint density at radius 3 is 1.85 bits per heavy atom. The van der Waals surface area contributed by atoms with E-state index in [0.29, 0.717) is 5.92 Å². The Balaban J connectivity index is 3.82. The molecular weight excluding hydrogens is 232 g/mol. The van der Waals surface area contributed by atoms with Gasteiger partial charge in [0.1, 0.15) is 7.85 Å². The monoisotopic (exact) mass is 250 g/mol. The summed E-state index contributed by atoms with van der Waals surface area (Å²) in [6.45, 7) is 10.2. The van der Waals surface area contributed by atoms with Crippen molar-refractivity contribution in [2.24, 2.45) is 0 Å². The summed E-state index contributed by atoms with van der Waals surface area (Å²) < 4.78 is 0. The van der Waals surface area contributed by atoms with E-state index in [1.165, 1.54) is 7.06 Å². The van der Waals surface area contributed by atoms with E-state index in [-0.39, 0.29) is 12.4 Å². The molecule has 0 spiro atoms. The summed E-state index contributed by atoms with van der Waals surface area (Å²) in [5, 5.41) is 0. The molecule has 20 heavy (non-hydrogen) atoms. The molecule has 0 nitrogen and oxygen atoms in total. The molecule has 0 heterocycles. The topological polar surface area (TPSA) is 0 Å². The number of hydrogen-bond donors (Lipinski definition) is 0. The fourth-order valence-electron chi connectivity index (χ4n) is 3.06. The predicted octanol–water partition coefficient (Wildman–Crippen LogP) is -0.900. The molecule has 0 bridgehead atoms. The van der Waals surface area contributed by atoms with Crippen molar-refractivity contribution in [1.29, 1.82) is 0 Å². The van der Waals surface area contributed by atoms with Crippen molar-refractivity contribution in [3.05, 3.63) is 16.7 Å². The first kappa shape index (κ1) is 17.7. The van der Waals surface area contributed by atoms with Crippen molar-refractivity contribution in [3.8, 4) is 0 Å². The molecule has 1 rings (SSSR count). The molecule has 1 aromatic carbocycles. The Hall–Kier alpha value is -0.325. The third-order valence-electron chi connectivity index (χ3n) is 3.83. The molecule has 0 N–H and O–H groups in total. The van der Waals surface area contributed by atoms with Gasteiger partial charge in [-0.3, -0.25) is 0 Å². The van der Waals surface area contributed by atoms with Crippen molar-refractivity contribution in [3.63, 3.8) is 0 Å². The fraction of sp³-hybridized carbons (Fsp3) is 0.538. The van der Waals surface area contributed by atoms with Crippen LogP contribution in [-0.4, -0.2) is 51.8 Å². The highest BCUT2D eigenvalue weighted by atomic mass is 14.2. The molecule has 0 fully saturated rings. The molecule has 0 saturated carbocycles. The van der Waals surface area contributed by atoms with E-state index < -0.39 is 0 Å². The van der Waals surface area contributed by atoms with Gasteiger partial charge in [-0.15, -0.1) is 5.46 Å². The van der Waals surface area contributed by atoms with Crippen LogP contribution in [0, 0.1) is 6.92 Å². The Morgan fingerprint density at radius 2 is 1.50 bits per heavy atom. The Bertz CT molecular complexity index is 482. The van der Waals surface area contributed by atoms with Crippen LogP contribution in [0.2, 0.25) is 0 Å². The molecule has 0 unspecified atom stereocenters. The molecule has 1 aromatic rings. The van der Waals surface area contributed by atoms with Crippen LogP contribution in [0.3, 0.4) is 0 Å². The molecule has 0 saturated heterocycles. The maximum Gasteiger partial charge on any atom is 0.113 e. The molecule has 90 valence electrons. The van der Waals surface area contributed by atoms with Crippen LogP contribution in [0.4, 0.5) is 0 Å². The van der Waals surface area contributed by atoms with Crippen LogP contribution < -0.4 is 16.4 Å². The minimum atomic E-state index is -0.316. The van der Waals surface area contributed by atoms with Gasteiger partial charge in [-0.2, -0.15) is 0 Å². The zero-order chi connectivity index (χ0) is 15.6. The first-order valence-electron chi connectivity index (χ1n) is 7.09. The molecule has 0 amide bonds. The molecule has 10 radical (unpaired) electrons. The van der Waals surface area contributed by atoms with Gasteiger partial charge in [-0.05, 0) is 18.8 Å². The van der Waals surface area contributed by atoms with Gasteiger partial charge in [0.25, 0.3) is 0 Å². The highest BCUT2D eigenvalue weighted by Crippen LogP contribution is 2.19. The van der Waals surface area contributed by atoms with Gasteiger partial charge < -0.3 is 0 Å². The van der Waals surface area contributed by atoms with Gasteiger partial charge in [0.2, 0.25) is 0 Å². The molecular formula is C13H17B7. The summed E-state index contributed by atoms with van der Waals surface area (Å²) in [6.07, 6.45) is 0. The highest BCUT2D eigenvalue weighted by molar-refractivity contribution is 7.50. The van der Waals surface area contributed by atoms with Gasteiger partial charge in [-0.1, -0.05) is 55.3 Å². The summed E-state index contributed by atoms with van der Waals surface area (Å²) in [5.41, 5.74) is 6.04. The van der Waals surface area contributed by atoms with Crippen molar-refractivity contribution in [2.45, 2.75) is 46.5 Å². The lowest BCUT2D eigenvalue weighted by Crippen LogP contribution is -2.51. The molecule has 0 aliphatic heterocycles. The summed E-state index contributed by atoms with van der Waals surface area (Å²) in [6, 6.07) is 0. The van der Waals surface area contributed by atoms with E-state index in [1.807, 2.05) is 0 Å². The van der Waals surface area contributed by atoms with Crippen LogP contribution in [0.1, 0.15) is 56.2 Å². The largest absolute Gasteiger partial charge is 0.113 e. The van der Waals surface area contributed by atoms with E-state index in [1.54, 1.807) is 7.17 Å². The van der Waals surface area contributed by atoms with Crippen LogP contribution in [0.25, 0.3) is 0 Å². The third kappa shape index (κ3) is 3.12. The number of benzene rings is 1. The molecule has 0 aliphatic rings. The second-order valence-electron chi connectivity index (χ2n) is 5.89. The Morgan fingerprint density at radius 1 is 1.00 bits per heavy atom. The van der Waals surface area contributed by atoms with Gasteiger partial charge in [0.15, 0.2) is 0 Å². The maximum atomic E-state index is 6.35. The maximum absolute atomic E-state index is 6.35. The summed E-state index contributed by atoms with van der Waals surface area (Å²) in [7, 11) is 27.2. The van der Waals surface area contributed by atoms with Crippen molar-refractivity contribution < 1.29 is 0 Å². The molecule has 0 aliphatic carbocycles. The summed E-state index contributed by atoms with van der Waals surface area (Å²) >= 11 is 0. The van der Waals surface area contributed by atoms with Gasteiger partial charge >= 0.3 is 0 Å². The van der Waals surface area contributed by atoms with Crippen molar-refractivity contribution in [1.82, 2.24) is 0 Å². The lowest BCUT2D eigenvalue weighted by atomic mass is 9.02. The molecule has 7 heteroatoms. The second kappa shape index (κ2) is 7.10. The fourth-order valence-corrected chi connectivity index (χ4v) is 3.06. The van der Waals surface area contributed by atoms with E-state index >= 15 is 0 Å². The molecule has 0 aromatic heterocycles. The van der Waals surface area contributed by atoms with E-state index in [9.17, 15) is 0 Å². The van der Waals surface area contributed by atoms with Crippen LogP contribution >= 0.6 is 0 Å². The van der Waals surface area contributed by atoms with E-state index in [2.05, 4.69) is 34.6 Å². The lowest BCUT2D eigenvalue weighted by Gasteiger charge is -2.30. The molecule has 0 atom stereocenters. The zero-order valence-corrected chi connectivity index (χ0v) is 13.2. The SMILES string of the molecule is [B][B]B([B])c1c(C)c(C(C)C)c([B])c([B][B])c1C(C)C. The standard InChI is InChI=1S/C13H17B7/c1-6(2)9-8(5)13(20(17)19-16)10(7(3)4)12(18-15)11(9)14/h6-7H,1-5H3. The average molecular weight is 249 g/mol. The summed E-state index contributed by atoms with van der Waals surface area (Å²) in [5.74, 6) is 0.576. The Kier molecular flexibility index (Phi) is 6.29. The lowest BCUT2D eigenvalue weighted by molar-refractivity contribution is 0.853. The minimum Gasteiger partial charge on any atom is -0.102 e. The van der Waals surface area contributed by atoms with Gasteiger partial charge in [0, 0.05) is 30.3 Å². The number of hydrogen-bond acceptors (Lipinski definition) is 0. The predicted molar refractivity (Wildman–Crippen MR) is 98.5 cm³/mol. The second-order valence-corrected chi connectivity index (χ2v) is 5.89. The quantitative estimate of drug-likeness (QED) is 0.593. The van der Waals surface area contributed by atoms with Gasteiger partial charge in [-0.25, -0.2) is 0 Å². The first-order valence-corrected chi connectivity index (χ1v) is 7.09. The van der Waals surface area contributed by atoms with Crippen LogP contribution in [-0.2, 0) is 0 Å². The number of rotatable bonds is 5. The Labute approximate surface area is 131 Å². The third-order valence-corrected chi connectivity index (χ3v) is 3.83. The smallest absolute Gasteiger partial charge is 0.102 e.